The third-order valence-corrected chi connectivity index (χ3v) is 5.80. The number of rotatable bonds is 6. The lowest BCUT2D eigenvalue weighted by molar-refractivity contribution is 0.344. The SMILES string of the molecule is CCc1nn(C)c(CNCC2(SC)CCC2)c1Cl. The van der Waals surface area contributed by atoms with Crippen molar-refractivity contribution in [3.05, 3.63) is 16.4 Å². The molecule has 0 radical (unpaired) electrons. The van der Waals surface area contributed by atoms with Crippen LogP contribution in [-0.4, -0.2) is 27.3 Å². The largest absolute Gasteiger partial charge is 0.310 e. The molecule has 1 aromatic rings. The van der Waals surface area contributed by atoms with Crippen molar-refractivity contribution in [1.29, 1.82) is 0 Å². The first kappa shape index (κ1) is 14.2. The van der Waals surface area contributed by atoms with Crippen molar-refractivity contribution in [2.45, 2.75) is 43.9 Å². The van der Waals surface area contributed by atoms with E-state index in [0.717, 1.165) is 35.9 Å². The number of hydrogen-bond acceptors (Lipinski definition) is 3. The summed E-state index contributed by atoms with van der Waals surface area (Å²) in [7, 11) is 1.97. The molecule has 0 unspecified atom stereocenters. The van der Waals surface area contributed by atoms with Gasteiger partial charge in [0.15, 0.2) is 0 Å². The maximum absolute atomic E-state index is 6.33. The molecule has 1 fully saturated rings. The van der Waals surface area contributed by atoms with Gasteiger partial charge in [0.05, 0.1) is 16.4 Å². The molecule has 1 aliphatic rings. The maximum atomic E-state index is 6.33. The van der Waals surface area contributed by atoms with Crippen LogP contribution in [0.4, 0.5) is 0 Å². The fourth-order valence-corrected chi connectivity index (χ4v) is 3.75. The number of nitrogens with one attached hydrogen (secondary N) is 1. The fourth-order valence-electron chi connectivity index (χ4n) is 2.44. The first-order chi connectivity index (χ1) is 8.62. The van der Waals surface area contributed by atoms with Gasteiger partial charge in [-0.05, 0) is 25.5 Å². The molecular weight excluding hydrogens is 266 g/mol. The Morgan fingerprint density at radius 3 is 2.67 bits per heavy atom. The van der Waals surface area contributed by atoms with E-state index in [9.17, 15) is 0 Å². The van der Waals surface area contributed by atoms with E-state index in [-0.39, 0.29) is 0 Å². The zero-order chi connectivity index (χ0) is 13.2. The molecule has 0 spiro atoms. The molecule has 18 heavy (non-hydrogen) atoms. The highest BCUT2D eigenvalue weighted by Gasteiger charge is 2.35. The summed E-state index contributed by atoms with van der Waals surface area (Å²) in [5.74, 6) is 0. The van der Waals surface area contributed by atoms with Gasteiger partial charge in [0.1, 0.15) is 0 Å². The topological polar surface area (TPSA) is 29.9 Å². The summed E-state index contributed by atoms with van der Waals surface area (Å²) in [6.07, 6.45) is 7.14. The van der Waals surface area contributed by atoms with Gasteiger partial charge in [-0.1, -0.05) is 24.9 Å². The van der Waals surface area contributed by atoms with Gasteiger partial charge < -0.3 is 5.32 Å². The quantitative estimate of drug-likeness (QED) is 0.872. The summed E-state index contributed by atoms with van der Waals surface area (Å²) < 4.78 is 2.37. The van der Waals surface area contributed by atoms with Crippen LogP contribution in [0.25, 0.3) is 0 Å². The van der Waals surface area contributed by atoms with Crippen molar-refractivity contribution >= 4 is 23.4 Å². The molecule has 2 rings (SSSR count). The number of nitrogens with zero attached hydrogens (tertiary/aromatic N) is 2. The molecule has 0 saturated heterocycles. The highest BCUT2D eigenvalue weighted by Crippen LogP contribution is 2.42. The Morgan fingerprint density at radius 2 is 2.22 bits per heavy atom. The number of aromatic nitrogens is 2. The maximum Gasteiger partial charge on any atom is 0.0863 e. The lowest BCUT2D eigenvalue weighted by atomic mass is 9.84. The fraction of sp³-hybridized carbons (Fsp3) is 0.769. The Kier molecular flexibility index (Phi) is 4.62. The average molecular weight is 288 g/mol. The lowest BCUT2D eigenvalue weighted by Gasteiger charge is -2.40. The van der Waals surface area contributed by atoms with Gasteiger partial charge >= 0.3 is 0 Å². The molecule has 0 atom stereocenters. The van der Waals surface area contributed by atoms with Gasteiger partial charge in [-0.15, -0.1) is 0 Å². The van der Waals surface area contributed by atoms with Crippen molar-refractivity contribution < 1.29 is 0 Å². The highest BCUT2D eigenvalue weighted by atomic mass is 35.5. The zero-order valence-corrected chi connectivity index (χ0v) is 13.0. The summed E-state index contributed by atoms with van der Waals surface area (Å²) in [4.78, 5) is 0. The van der Waals surface area contributed by atoms with E-state index >= 15 is 0 Å². The first-order valence-corrected chi connectivity index (χ1v) is 8.18. The van der Waals surface area contributed by atoms with Crippen LogP contribution < -0.4 is 5.32 Å². The van der Waals surface area contributed by atoms with Crippen molar-refractivity contribution in [1.82, 2.24) is 15.1 Å². The molecule has 1 saturated carbocycles. The van der Waals surface area contributed by atoms with Crippen LogP contribution in [0.5, 0.6) is 0 Å². The Morgan fingerprint density at radius 1 is 1.50 bits per heavy atom. The van der Waals surface area contributed by atoms with Crippen molar-refractivity contribution in [3.8, 4) is 0 Å². The minimum Gasteiger partial charge on any atom is -0.310 e. The Hall–Kier alpha value is -0.190. The predicted molar refractivity (Wildman–Crippen MR) is 79.4 cm³/mol. The van der Waals surface area contributed by atoms with Gasteiger partial charge in [0.2, 0.25) is 0 Å². The van der Waals surface area contributed by atoms with E-state index in [1.54, 1.807) is 0 Å². The molecule has 0 amide bonds. The molecule has 5 heteroatoms. The summed E-state index contributed by atoms with van der Waals surface area (Å²) >= 11 is 8.33. The number of aryl methyl sites for hydroxylation is 2. The standard InChI is InChI=1S/C13H22ClN3S/c1-4-10-12(14)11(17(2)16-10)8-15-9-13(18-3)6-5-7-13/h15H,4-9H2,1-3H3. The zero-order valence-electron chi connectivity index (χ0n) is 11.4. The first-order valence-electron chi connectivity index (χ1n) is 6.58. The average Bonchev–Trinajstić information content (AvgIpc) is 2.59. The summed E-state index contributed by atoms with van der Waals surface area (Å²) in [6.45, 7) is 3.96. The van der Waals surface area contributed by atoms with Gasteiger partial charge in [-0.3, -0.25) is 4.68 Å². The molecule has 3 nitrogen and oxygen atoms in total. The highest BCUT2D eigenvalue weighted by molar-refractivity contribution is 8.00. The molecule has 1 N–H and O–H groups in total. The van der Waals surface area contributed by atoms with Crippen molar-refractivity contribution in [2.75, 3.05) is 12.8 Å². The molecule has 102 valence electrons. The molecule has 1 aromatic heterocycles. The Bertz CT molecular complexity index is 407. The van der Waals surface area contributed by atoms with Gasteiger partial charge in [0, 0.05) is 24.9 Å². The summed E-state index contributed by atoms with van der Waals surface area (Å²) in [6, 6.07) is 0. The van der Waals surface area contributed by atoms with Gasteiger partial charge in [-0.2, -0.15) is 16.9 Å². The molecular formula is C13H22ClN3S. The molecule has 0 bridgehead atoms. The van der Waals surface area contributed by atoms with Crippen LogP contribution in [0, 0.1) is 0 Å². The number of halogens is 1. The van der Waals surface area contributed by atoms with Crippen molar-refractivity contribution in [2.24, 2.45) is 7.05 Å². The second-order valence-corrected chi connectivity index (χ2v) is 6.68. The van der Waals surface area contributed by atoms with Gasteiger partial charge in [0.25, 0.3) is 0 Å². The molecule has 1 heterocycles. The van der Waals surface area contributed by atoms with E-state index in [2.05, 4.69) is 23.6 Å². The number of thioether (sulfide) groups is 1. The lowest BCUT2D eigenvalue weighted by Crippen LogP contribution is -2.43. The third kappa shape index (κ3) is 2.70. The summed E-state index contributed by atoms with van der Waals surface area (Å²) in [5, 5.41) is 8.82. The van der Waals surface area contributed by atoms with E-state index in [1.807, 2.05) is 23.5 Å². The third-order valence-electron chi connectivity index (χ3n) is 3.94. The Balaban J connectivity index is 1.92. The monoisotopic (exact) mass is 287 g/mol. The predicted octanol–water partition coefficient (Wildman–Crippen LogP) is 3.01. The number of hydrogen-bond donors (Lipinski definition) is 1. The minimum absolute atomic E-state index is 0.471. The van der Waals surface area contributed by atoms with Crippen LogP contribution in [-0.2, 0) is 20.0 Å². The van der Waals surface area contributed by atoms with Crippen LogP contribution in [0.3, 0.4) is 0 Å². The minimum atomic E-state index is 0.471. The smallest absolute Gasteiger partial charge is 0.0863 e. The van der Waals surface area contributed by atoms with Crippen LogP contribution in [0.1, 0.15) is 37.6 Å². The molecule has 0 aliphatic heterocycles. The van der Waals surface area contributed by atoms with Crippen molar-refractivity contribution in [3.63, 3.8) is 0 Å². The van der Waals surface area contributed by atoms with E-state index < -0.39 is 0 Å². The normalized spacial score (nSPS) is 17.8. The second-order valence-electron chi connectivity index (χ2n) is 5.03. The van der Waals surface area contributed by atoms with Crippen LogP contribution >= 0.6 is 23.4 Å². The molecule has 1 aliphatic carbocycles. The van der Waals surface area contributed by atoms with Crippen LogP contribution in [0.2, 0.25) is 5.02 Å². The van der Waals surface area contributed by atoms with Crippen LogP contribution in [0.15, 0.2) is 0 Å². The van der Waals surface area contributed by atoms with E-state index in [4.69, 9.17) is 11.6 Å². The summed E-state index contributed by atoms with van der Waals surface area (Å²) in [5.41, 5.74) is 2.10. The van der Waals surface area contributed by atoms with E-state index in [0.29, 0.717) is 4.75 Å². The molecule has 0 aromatic carbocycles. The van der Waals surface area contributed by atoms with Gasteiger partial charge in [-0.25, -0.2) is 0 Å². The Labute approximate surface area is 119 Å². The van der Waals surface area contributed by atoms with E-state index in [1.165, 1.54) is 19.3 Å². The second kappa shape index (κ2) is 5.85.